The first-order chi connectivity index (χ1) is 8.74. The van der Waals surface area contributed by atoms with Gasteiger partial charge in [-0.1, -0.05) is 6.07 Å². The molecule has 4 heteroatoms. The summed E-state index contributed by atoms with van der Waals surface area (Å²) in [6.07, 6.45) is 3.13. The van der Waals surface area contributed by atoms with Gasteiger partial charge in [0.05, 0.1) is 6.04 Å². The Kier molecular flexibility index (Phi) is 2.96. The molecule has 1 aromatic carbocycles. The van der Waals surface area contributed by atoms with Crippen LogP contribution in [0.4, 0.5) is 11.4 Å². The molecule has 0 aromatic heterocycles. The highest BCUT2D eigenvalue weighted by Gasteiger charge is 2.22. The summed E-state index contributed by atoms with van der Waals surface area (Å²) in [4.78, 5) is 14.2. The number of nitrogens with one attached hydrogen (secondary N) is 2. The molecular formula is C14H19N3O. The molecule has 1 saturated heterocycles. The highest BCUT2D eigenvalue weighted by Crippen LogP contribution is 2.29. The van der Waals surface area contributed by atoms with Crippen molar-refractivity contribution >= 4 is 17.3 Å². The molecule has 1 aromatic rings. The molecule has 2 aliphatic rings. The summed E-state index contributed by atoms with van der Waals surface area (Å²) in [5.41, 5.74) is 3.52. The number of nitrogens with zero attached hydrogens (tertiary/aromatic N) is 1. The van der Waals surface area contributed by atoms with Crippen molar-refractivity contribution in [3.63, 3.8) is 0 Å². The fraction of sp³-hybridized carbons (Fsp3) is 0.500. The summed E-state index contributed by atoms with van der Waals surface area (Å²) in [5, 5.41) is 6.22. The second-order valence-corrected chi connectivity index (χ2v) is 5.15. The molecule has 2 aliphatic heterocycles. The molecule has 4 nitrogen and oxygen atoms in total. The van der Waals surface area contributed by atoms with E-state index >= 15 is 0 Å². The second-order valence-electron chi connectivity index (χ2n) is 5.15. The maximum atomic E-state index is 12.0. The number of carbonyl (C=O) groups excluding carboxylic acids is 1. The molecule has 0 aliphatic carbocycles. The Morgan fingerprint density at radius 3 is 3.17 bits per heavy atom. The maximum absolute atomic E-state index is 12.0. The van der Waals surface area contributed by atoms with E-state index in [2.05, 4.69) is 34.7 Å². The summed E-state index contributed by atoms with van der Waals surface area (Å²) in [6, 6.07) is 6.19. The van der Waals surface area contributed by atoms with Crippen LogP contribution in [-0.2, 0) is 11.2 Å². The Labute approximate surface area is 107 Å². The van der Waals surface area contributed by atoms with E-state index in [4.69, 9.17) is 0 Å². The van der Waals surface area contributed by atoms with Crippen LogP contribution in [0, 0.1) is 0 Å². The minimum Gasteiger partial charge on any atom is -0.374 e. The Bertz CT molecular complexity index is 466. The zero-order valence-corrected chi connectivity index (χ0v) is 10.7. The van der Waals surface area contributed by atoms with Gasteiger partial charge in [-0.15, -0.1) is 0 Å². The summed E-state index contributed by atoms with van der Waals surface area (Å²) in [5.74, 6) is 0.0908. The lowest BCUT2D eigenvalue weighted by Gasteiger charge is -2.15. The molecule has 1 atom stereocenters. The standard InChI is InChI=1S/C14H19N3O/c1-17-8-6-10-4-5-11(9-13(10)17)16-14(18)12-3-2-7-15-12/h4-5,9,12,15H,2-3,6-8H2,1H3,(H,16,18). The molecule has 1 fully saturated rings. The van der Waals surface area contributed by atoms with Gasteiger partial charge < -0.3 is 15.5 Å². The van der Waals surface area contributed by atoms with Crippen LogP contribution in [0.5, 0.6) is 0 Å². The van der Waals surface area contributed by atoms with Crippen LogP contribution in [0.25, 0.3) is 0 Å². The lowest BCUT2D eigenvalue weighted by molar-refractivity contribution is -0.117. The highest BCUT2D eigenvalue weighted by atomic mass is 16.2. The lowest BCUT2D eigenvalue weighted by atomic mass is 10.1. The van der Waals surface area contributed by atoms with Crippen molar-refractivity contribution in [2.75, 3.05) is 30.4 Å². The van der Waals surface area contributed by atoms with E-state index in [1.54, 1.807) is 0 Å². The first-order valence-corrected chi connectivity index (χ1v) is 6.62. The first kappa shape index (κ1) is 11.5. The van der Waals surface area contributed by atoms with E-state index < -0.39 is 0 Å². The van der Waals surface area contributed by atoms with E-state index in [9.17, 15) is 4.79 Å². The molecule has 1 amide bonds. The predicted octanol–water partition coefficient (Wildman–Crippen LogP) is 1.37. The van der Waals surface area contributed by atoms with Crippen molar-refractivity contribution in [3.8, 4) is 0 Å². The van der Waals surface area contributed by atoms with Crippen molar-refractivity contribution in [2.24, 2.45) is 0 Å². The van der Waals surface area contributed by atoms with E-state index in [-0.39, 0.29) is 11.9 Å². The van der Waals surface area contributed by atoms with Crippen LogP contribution in [0.2, 0.25) is 0 Å². The Morgan fingerprint density at radius 1 is 1.50 bits per heavy atom. The quantitative estimate of drug-likeness (QED) is 0.827. The highest BCUT2D eigenvalue weighted by molar-refractivity contribution is 5.95. The summed E-state index contributed by atoms with van der Waals surface area (Å²) >= 11 is 0. The monoisotopic (exact) mass is 245 g/mol. The molecule has 1 unspecified atom stereocenters. The summed E-state index contributed by atoms with van der Waals surface area (Å²) < 4.78 is 0. The van der Waals surface area contributed by atoms with Crippen LogP contribution in [-0.4, -0.2) is 32.1 Å². The largest absolute Gasteiger partial charge is 0.374 e. The lowest BCUT2D eigenvalue weighted by Crippen LogP contribution is -2.35. The van der Waals surface area contributed by atoms with Gasteiger partial charge in [0.1, 0.15) is 0 Å². The van der Waals surface area contributed by atoms with Crippen molar-refractivity contribution in [2.45, 2.75) is 25.3 Å². The number of benzene rings is 1. The van der Waals surface area contributed by atoms with Gasteiger partial charge in [0.2, 0.25) is 5.91 Å². The number of fused-ring (bicyclic) bond motifs is 1. The molecule has 0 bridgehead atoms. The van der Waals surface area contributed by atoms with Gasteiger partial charge in [-0.25, -0.2) is 0 Å². The van der Waals surface area contributed by atoms with Crippen LogP contribution in [0.1, 0.15) is 18.4 Å². The van der Waals surface area contributed by atoms with E-state index in [1.165, 1.54) is 11.3 Å². The molecule has 0 spiro atoms. The first-order valence-electron chi connectivity index (χ1n) is 6.62. The Hall–Kier alpha value is -1.55. The number of rotatable bonds is 2. The molecule has 0 radical (unpaired) electrons. The fourth-order valence-corrected chi connectivity index (χ4v) is 2.75. The molecule has 2 N–H and O–H groups in total. The number of amides is 1. The molecule has 18 heavy (non-hydrogen) atoms. The summed E-state index contributed by atoms with van der Waals surface area (Å²) in [6.45, 7) is 2.02. The third kappa shape index (κ3) is 2.08. The van der Waals surface area contributed by atoms with Crippen LogP contribution in [0.15, 0.2) is 18.2 Å². The van der Waals surface area contributed by atoms with E-state index in [0.717, 1.165) is 38.0 Å². The van der Waals surface area contributed by atoms with Gasteiger partial charge >= 0.3 is 0 Å². The summed E-state index contributed by atoms with van der Waals surface area (Å²) in [7, 11) is 2.09. The third-order valence-corrected chi connectivity index (χ3v) is 3.86. The Morgan fingerprint density at radius 2 is 2.39 bits per heavy atom. The number of anilines is 2. The smallest absolute Gasteiger partial charge is 0.241 e. The van der Waals surface area contributed by atoms with Gasteiger partial charge in [0.25, 0.3) is 0 Å². The Balaban J connectivity index is 1.73. The minimum absolute atomic E-state index is 0.0176. The van der Waals surface area contributed by atoms with Gasteiger partial charge in [-0.2, -0.15) is 0 Å². The predicted molar refractivity (Wildman–Crippen MR) is 73.1 cm³/mol. The molecule has 0 saturated carbocycles. The molecule has 3 rings (SSSR count). The van der Waals surface area contributed by atoms with E-state index in [1.807, 2.05) is 6.07 Å². The minimum atomic E-state index is -0.0176. The SMILES string of the molecule is CN1CCc2ccc(NC(=O)C3CCCN3)cc21. The normalized spacial score (nSPS) is 22.1. The molecule has 96 valence electrons. The zero-order chi connectivity index (χ0) is 12.5. The zero-order valence-electron chi connectivity index (χ0n) is 10.7. The average Bonchev–Trinajstić information content (AvgIpc) is 3.00. The molecule has 2 heterocycles. The van der Waals surface area contributed by atoms with Crippen molar-refractivity contribution in [1.29, 1.82) is 0 Å². The van der Waals surface area contributed by atoms with Crippen LogP contribution >= 0.6 is 0 Å². The van der Waals surface area contributed by atoms with Crippen molar-refractivity contribution < 1.29 is 4.79 Å². The van der Waals surface area contributed by atoms with Crippen LogP contribution < -0.4 is 15.5 Å². The average molecular weight is 245 g/mol. The number of carbonyl (C=O) groups is 1. The second kappa shape index (κ2) is 4.61. The van der Waals surface area contributed by atoms with Gasteiger partial charge in [0.15, 0.2) is 0 Å². The topological polar surface area (TPSA) is 44.4 Å². The maximum Gasteiger partial charge on any atom is 0.241 e. The number of hydrogen-bond acceptors (Lipinski definition) is 3. The number of hydrogen-bond donors (Lipinski definition) is 2. The van der Waals surface area contributed by atoms with Gasteiger partial charge in [-0.05, 0) is 43.5 Å². The van der Waals surface area contributed by atoms with Crippen molar-refractivity contribution in [3.05, 3.63) is 23.8 Å². The third-order valence-electron chi connectivity index (χ3n) is 3.86. The van der Waals surface area contributed by atoms with Gasteiger partial charge in [0, 0.05) is 25.0 Å². The van der Waals surface area contributed by atoms with E-state index in [0.29, 0.717) is 0 Å². The van der Waals surface area contributed by atoms with Gasteiger partial charge in [-0.3, -0.25) is 4.79 Å². The van der Waals surface area contributed by atoms with Crippen LogP contribution in [0.3, 0.4) is 0 Å². The fourth-order valence-electron chi connectivity index (χ4n) is 2.75. The number of likely N-dealkylation sites (N-methyl/N-ethyl adjacent to an activating group) is 1. The molecular weight excluding hydrogens is 226 g/mol. The van der Waals surface area contributed by atoms with Crippen molar-refractivity contribution in [1.82, 2.24) is 5.32 Å².